The number of para-hydroxylation sites is 1. The molecule has 3 aromatic rings. The summed E-state index contributed by atoms with van der Waals surface area (Å²) in [4.78, 5) is 30.8. The second-order valence-corrected chi connectivity index (χ2v) is 8.92. The molecule has 0 spiro atoms. The number of nitrogens with zero attached hydrogens (tertiary/aromatic N) is 2. The van der Waals surface area contributed by atoms with Gasteiger partial charge in [0, 0.05) is 23.7 Å². The number of urea groups is 1. The Morgan fingerprint density at radius 1 is 0.871 bits per heavy atom. The van der Waals surface area contributed by atoms with E-state index in [1.165, 1.54) is 0 Å². The third-order valence-electron chi connectivity index (χ3n) is 4.72. The predicted octanol–water partition coefficient (Wildman–Crippen LogP) is 5.47. The molecule has 2 aromatic carbocycles. The highest BCUT2D eigenvalue weighted by molar-refractivity contribution is 7.09. The molecule has 0 bridgehead atoms. The third kappa shape index (κ3) is 7.26. The van der Waals surface area contributed by atoms with Crippen LogP contribution in [0, 0.1) is 5.92 Å². The number of anilines is 1. The van der Waals surface area contributed by atoms with Gasteiger partial charge in [-0.2, -0.15) is 0 Å². The van der Waals surface area contributed by atoms with Crippen molar-refractivity contribution in [3.63, 3.8) is 0 Å². The Hall–Kier alpha value is -3.12. The molecule has 162 valence electrons. The van der Waals surface area contributed by atoms with Gasteiger partial charge in [0.1, 0.15) is 6.54 Å². The number of benzene rings is 2. The van der Waals surface area contributed by atoms with Gasteiger partial charge >= 0.3 is 6.03 Å². The van der Waals surface area contributed by atoms with Crippen LogP contribution in [0.2, 0.25) is 0 Å². The van der Waals surface area contributed by atoms with Crippen molar-refractivity contribution < 1.29 is 9.59 Å². The molecule has 0 saturated carbocycles. The van der Waals surface area contributed by atoms with Crippen LogP contribution >= 0.6 is 11.3 Å². The summed E-state index contributed by atoms with van der Waals surface area (Å²) in [6, 6.07) is 23.0. The monoisotopic (exact) mass is 435 g/mol. The molecule has 0 radical (unpaired) electrons. The van der Waals surface area contributed by atoms with Crippen LogP contribution in [0.3, 0.4) is 0 Å². The minimum Gasteiger partial charge on any atom is -0.332 e. The van der Waals surface area contributed by atoms with Crippen LogP contribution in [0.25, 0.3) is 0 Å². The van der Waals surface area contributed by atoms with Crippen molar-refractivity contribution >= 4 is 29.0 Å². The van der Waals surface area contributed by atoms with Crippen molar-refractivity contribution in [2.24, 2.45) is 5.92 Å². The minimum absolute atomic E-state index is 0.0368. The van der Waals surface area contributed by atoms with Crippen LogP contribution in [0.1, 0.15) is 24.3 Å². The summed E-state index contributed by atoms with van der Waals surface area (Å²) < 4.78 is 0. The molecule has 0 fully saturated rings. The molecule has 0 saturated heterocycles. The summed E-state index contributed by atoms with van der Waals surface area (Å²) in [7, 11) is 0. The second-order valence-electron chi connectivity index (χ2n) is 7.89. The zero-order valence-electron chi connectivity index (χ0n) is 18.0. The Labute approximate surface area is 188 Å². The molecule has 0 aliphatic heterocycles. The zero-order chi connectivity index (χ0) is 22.1. The Kier molecular flexibility index (Phi) is 8.24. The van der Waals surface area contributed by atoms with E-state index >= 15 is 0 Å². The van der Waals surface area contributed by atoms with Gasteiger partial charge in [-0.25, -0.2) is 4.79 Å². The lowest BCUT2D eigenvalue weighted by Gasteiger charge is -2.29. The fourth-order valence-corrected chi connectivity index (χ4v) is 3.99. The number of hydrogen-bond acceptors (Lipinski definition) is 3. The standard InChI is InChI=1S/C25H29N3O2S/c1-20(2)16-28(25(30)26-22-12-7-4-8-13-22)19-24(29)27(18-23-14-9-15-31-23)17-21-10-5-3-6-11-21/h3-15,20H,16-19H2,1-2H3,(H,26,30). The molecular weight excluding hydrogens is 406 g/mol. The summed E-state index contributed by atoms with van der Waals surface area (Å²) in [6.45, 7) is 5.66. The summed E-state index contributed by atoms with van der Waals surface area (Å²) in [5.74, 6) is 0.176. The number of nitrogens with one attached hydrogen (secondary N) is 1. The van der Waals surface area contributed by atoms with Gasteiger partial charge in [-0.1, -0.05) is 68.4 Å². The first-order valence-electron chi connectivity index (χ1n) is 10.5. The van der Waals surface area contributed by atoms with E-state index in [0.717, 1.165) is 10.4 Å². The predicted molar refractivity (Wildman–Crippen MR) is 127 cm³/mol. The van der Waals surface area contributed by atoms with Gasteiger partial charge in [0.15, 0.2) is 0 Å². The Balaban J connectivity index is 1.74. The lowest BCUT2D eigenvalue weighted by atomic mass is 10.2. The van der Waals surface area contributed by atoms with Gasteiger partial charge < -0.3 is 15.1 Å². The maximum atomic E-state index is 13.3. The maximum Gasteiger partial charge on any atom is 0.322 e. The van der Waals surface area contributed by atoms with E-state index < -0.39 is 0 Å². The number of hydrogen-bond donors (Lipinski definition) is 1. The van der Waals surface area contributed by atoms with E-state index in [0.29, 0.717) is 25.3 Å². The van der Waals surface area contributed by atoms with Crippen LogP contribution in [-0.4, -0.2) is 34.8 Å². The first kappa shape index (κ1) is 22.6. The van der Waals surface area contributed by atoms with Crippen molar-refractivity contribution in [2.75, 3.05) is 18.4 Å². The van der Waals surface area contributed by atoms with Gasteiger partial charge in [0.05, 0.1) is 6.54 Å². The molecule has 6 heteroatoms. The molecule has 31 heavy (non-hydrogen) atoms. The molecule has 3 amide bonds. The van der Waals surface area contributed by atoms with Crippen LogP contribution in [-0.2, 0) is 17.9 Å². The molecular formula is C25H29N3O2S. The highest BCUT2D eigenvalue weighted by Crippen LogP contribution is 2.16. The number of rotatable bonds is 9. The van der Waals surface area contributed by atoms with E-state index in [2.05, 4.69) is 5.32 Å². The van der Waals surface area contributed by atoms with Gasteiger partial charge in [0.25, 0.3) is 0 Å². The van der Waals surface area contributed by atoms with Crippen molar-refractivity contribution in [1.29, 1.82) is 0 Å². The van der Waals surface area contributed by atoms with E-state index in [1.807, 2.05) is 96.9 Å². The number of carbonyl (C=O) groups is 2. The smallest absolute Gasteiger partial charge is 0.322 e. The largest absolute Gasteiger partial charge is 0.332 e. The molecule has 0 aliphatic rings. The summed E-state index contributed by atoms with van der Waals surface area (Å²) in [6.07, 6.45) is 0. The lowest BCUT2D eigenvalue weighted by Crippen LogP contribution is -2.45. The average molecular weight is 436 g/mol. The van der Waals surface area contributed by atoms with E-state index in [-0.39, 0.29) is 24.4 Å². The Morgan fingerprint density at radius 3 is 2.16 bits per heavy atom. The summed E-state index contributed by atoms with van der Waals surface area (Å²) in [5, 5.41) is 4.92. The van der Waals surface area contributed by atoms with Gasteiger partial charge in [0.2, 0.25) is 5.91 Å². The quantitative estimate of drug-likeness (QED) is 0.485. The molecule has 1 aromatic heterocycles. The van der Waals surface area contributed by atoms with Crippen molar-refractivity contribution in [2.45, 2.75) is 26.9 Å². The Bertz CT molecular complexity index is 943. The van der Waals surface area contributed by atoms with Gasteiger partial charge in [-0.15, -0.1) is 11.3 Å². The molecule has 0 atom stereocenters. The minimum atomic E-state index is -0.260. The Morgan fingerprint density at radius 2 is 1.55 bits per heavy atom. The highest BCUT2D eigenvalue weighted by Gasteiger charge is 2.23. The third-order valence-corrected chi connectivity index (χ3v) is 5.58. The highest BCUT2D eigenvalue weighted by atomic mass is 32.1. The topological polar surface area (TPSA) is 52.7 Å². The lowest BCUT2D eigenvalue weighted by molar-refractivity contribution is -0.133. The van der Waals surface area contributed by atoms with Gasteiger partial charge in [-0.05, 0) is 35.1 Å². The molecule has 3 rings (SSSR count). The van der Waals surface area contributed by atoms with Crippen LogP contribution < -0.4 is 5.32 Å². The first-order chi connectivity index (χ1) is 15.0. The molecule has 1 heterocycles. The number of thiophene rings is 1. The van der Waals surface area contributed by atoms with Crippen molar-refractivity contribution in [3.05, 3.63) is 88.6 Å². The molecule has 5 nitrogen and oxygen atoms in total. The van der Waals surface area contributed by atoms with Crippen LogP contribution in [0.5, 0.6) is 0 Å². The number of amides is 3. The normalized spacial score (nSPS) is 10.7. The second kappa shape index (κ2) is 11.3. The van der Waals surface area contributed by atoms with E-state index in [4.69, 9.17) is 0 Å². The summed E-state index contributed by atoms with van der Waals surface area (Å²) >= 11 is 1.63. The molecule has 0 unspecified atom stereocenters. The maximum absolute atomic E-state index is 13.3. The van der Waals surface area contributed by atoms with Crippen molar-refractivity contribution in [1.82, 2.24) is 9.80 Å². The SMILES string of the molecule is CC(C)CN(CC(=O)N(Cc1ccccc1)Cc1cccs1)C(=O)Nc1ccccc1. The average Bonchev–Trinajstić information content (AvgIpc) is 3.27. The zero-order valence-corrected chi connectivity index (χ0v) is 18.8. The summed E-state index contributed by atoms with van der Waals surface area (Å²) in [5.41, 5.74) is 1.78. The number of carbonyl (C=O) groups excluding carboxylic acids is 2. The van der Waals surface area contributed by atoms with Gasteiger partial charge in [-0.3, -0.25) is 4.79 Å². The molecule has 0 aliphatic carbocycles. The van der Waals surface area contributed by atoms with Crippen LogP contribution in [0.15, 0.2) is 78.2 Å². The fourth-order valence-electron chi connectivity index (χ4n) is 3.27. The first-order valence-corrected chi connectivity index (χ1v) is 11.3. The van der Waals surface area contributed by atoms with Crippen molar-refractivity contribution in [3.8, 4) is 0 Å². The van der Waals surface area contributed by atoms with E-state index in [9.17, 15) is 9.59 Å². The molecule has 1 N–H and O–H groups in total. The van der Waals surface area contributed by atoms with Crippen LogP contribution in [0.4, 0.5) is 10.5 Å². The fraction of sp³-hybridized carbons (Fsp3) is 0.280. The van der Waals surface area contributed by atoms with E-state index in [1.54, 1.807) is 16.2 Å².